The van der Waals surface area contributed by atoms with Crippen LogP contribution in [-0.2, 0) is 38.6 Å². The molecule has 10 aromatic rings. The molecule has 98 heavy (non-hydrogen) atoms. The van der Waals surface area contributed by atoms with E-state index in [9.17, 15) is 9.59 Å². The summed E-state index contributed by atoms with van der Waals surface area (Å²) in [6.07, 6.45) is 23.4. The number of allylic oxidation sites excluding steroid dienone is 2. The van der Waals surface area contributed by atoms with Gasteiger partial charge in [-0.3, -0.25) is 19.6 Å². The van der Waals surface area contributed by atoms with Crippen molar-refractivity contribution < 1.29 is 19.1 Å². The highest BCUT2D eigenvalue weighted by molar-refractivity contribution is 6.66. The monoisotopic (exact) mass is 1370 g/mol. The van der Waals surface area contributed by atoms with Crippen LogP contribution in [-0.4, -0.2) is 150 Å². The van der Waals surface area contributed by atoms with E-state index in [1.807, 2.05) is 134 Å². The first kappa shape index (κ1) is 73.3. The summed E-state index contributed by atoms with van der Waals surface area (Å²) < 4.78 is 14.7. The molecule has 0 amide bonds. The summed E-state index contributed by atoms with van der Waals surface area (Å²) in [5.74, 6) is 3.17. The fourth-order valence-corrected chi connectivity index (χ4v) is 12.4. The third kappa shape index (κ3) is 19.2. The number of ether oxygens (including phenoxy) is 2. The van der Waals surface area contributed by atoms with E-state index in [1.54, 1.807) is 30.9 Å². The van der Waals surface area contributed by atoms with E-state index in [1.165, 1.54) is 6.08 Å². The number of hydrogen-bond acceptors (Lipinski definition) is 19. The van der Waals surface area contributed by atoms with E-state index >= 15 is 0 Å². The molecular weight excluding hydrogens is 1270 g/mol. The van der Waals surface area contributed by atoms with Crippen molar-refractivity contribution in [1.29, 1.82) is 0 Å². The smallest absolute Gasteiger partial charge is 0.244 e. The van der Waals surface area contributed by atoms with E-state index in [-0.39, 0.29) is 30.0 Å². The maximum Gasteiger partial charge on any atom is 0.244 e. The number of carbonyl (C=O) groups is 2. The van der Waals surface area contributed by atoms with Crippen LogP contribution in [0.4, 0.5) is 29.5 Å². The van der Waals surface area contributed by atoms with E-state index in [2.05, 4.69) is 95.6 Å². The fraction of sp³-hybridized carbons (Fsp3) is 0.387. The number of nitrogen functional groups attached to an aromatic ring is 1. The van der Waals surface area contributed by atoms with Crippen molar-refractivity contribution in [1.82, 2.24) is 58.9 Å². The topological polar surface area (TPSA) is 245 Å². The third-order valence-electron chi connectivity index (χ3n) is 17.6. The molecule has 12 rings (SSSR count). The van der Waals surface area contributed by atoms with Crippen molar-refractivity contribution in [3.05, 3.63) is 174 Å². The number of aromatic nitrogens is 10. The number of nitrogens with one attached hydrogen (secondary N) is 4. The lowest BCUT2D eigenvalue weighted by atomic mass is 9.93. The highest BCUT2D eigenvalue weighted by Crippen LogP contribution is 2.34. The summed E-state index contributed by atoms with van der Waals surface area (Å²) in [7, 11) is 11.4. The number of rotatable bonds is 24. The average molecular weight is 1370 g/mol. The number of benzene rings is 4. The molecule has 0 atom stereocenters. The first-order valence-electron chi connectivity index (χ1n) is 33.5. The van der Waals surface area contributed by atoms with Crippen LogP contribution in [0.2, 0.25) is 0 Å². The third-order valence-corrected chi connectivity index (χ3v) is 17.8. The van der Waals surface area contributed by atoms with Gasteiger partial charge in [0.2, 0.25) is 29.0 Å². The Labute approximate surface area is 585 Å². The van der Waals surface area contributed by atoms with Crippen molar-refractivity contribution >= 4 is 97.4 Å². The van der Waals surface area contributed by atoms with Gasteiger partial charge in [-0.05, 0) is 167 Å². The van der Waals surface area contributed by atoms with Crippen molar-refractivity contribution in [2.45, 2.75) is 135 Å². The number of likely N-dealkylation sites (N-methyl/N-ethyl adjacent to an activating group) is 2. The SMILES string of the molecule is CN(C)C/C=C/C(=O)Cl.COC1CCC(Nc2nc(NCc3ccccc3-c3nccc4cc(CC(=O)/C=C/CN(C)C)ccc34)n3ncc(C(C)C)c3n2)CC1.COC1CCC(Nc2nc(NCc3ccccc3-c3nccc4cc(N)ccc34)n3ncc(C(C)C)c3n2)CC1.Cl. The maximum absolute atomic E-state index is 12.6. The van der Waals surface area contributed by atoms with Crippen LogP contribution in [0.25, 0.3) is 55.4 Å². The number of hydrogen-bond donors (Lipinski definition) is 5. The van der Waals surface area contributed by atoms with E-state index in [0.717, 1.165) is 153 Å². The lowest BCUT2D eigenvalue weighted by molar-refractivity contribution is -0.114. The number of ketones is 1. The second-order valence-electron chi connectivity index (χ2n) is 26.1. The van der Waals surface area contributed by atoms with Crippen LogP contribution in [0.3, 0.4) is 0 Å². The summed E-state index contributed by atoms with van der Waals surface area (Å²) in [5, 5.41) is 27.5. The van der Waals surface area contributed by atoms with Crippen LogP contribution < -0.4 is 27.0 Å². The molecule has 23 heteroatoms. The Bertz CT molecular complexity index is 4360. The lowest BCUT2D eigenvalue weighted by Crippen LogP contribution is -2.30. The molecule has 0 unspecified atom stereocenters. The Morgan fingerprint density at radius 3 is 1.50 bits per heavy atom. The number of nitrogens with zero attached hydrogens (tertiary/aromatic N) is 12. The molecule has 0 radical (unpaired) electrons. The molecule has 2 aliphatic rings. The first-order chi connectivity index (χ1) is 46.9. The largest absolute Gasteiger partial charge is 0.399 e. The van der Waals surface area contributed by atoms with Gasteiger partial charge < -0.3 is 46.3 Å². The van der Waals surface area contributed by atoms with Crippen LogP contribution >= 0.6 is 24.0 Å². The molecule has 2 aliphatic carbocycles. The van der Waals surface area contributed by atoms with Crippen molar-refractivity contribution in [3.8, 4) is 22.5 Å². The molecule has 4 aromatic carbocycles. The number of carbonyl (C=O) groups excluding carboxylic acids is 2. The fourth-order valence-electron chi connectivity index (χ4n) is 12.3. The minimum absolute atomic E-state index is 0. The van der Waals surface area contributed by atoms with Gasteiger partial charge in [0.1, 0.15) is 0 Å². The standard InChI is InChI=1S/C38H46N8O2.C31H36N8O.C6H10ClNO.ClH/c1-25(2)34-24-41-46-36(34)43-37(42-29-13-15-31(48-5)16-14-29)44-38(46)40-23-28-9-6-7-11-32(28)35-33-17-12-26(21-27(33)18-19-39-35)22-30(47)10-8-20-45(3)4;1-19(2)27-18-35-39-29(27)37-30(36-23-9-11-24(40-3)12-10-23)38-31(39)34-17-21-6-4-5-7-25(21)28-26-13-8-22(32)16-20(26)14-15-33-28;1-8(2)5-3-4-6(7)9;/h6-12,17-19,21,24-25,29,31H,13-16,20,22-23H2,1-5H3,(H2,40,42,43,44);4-8,13-16,18-19,23-24H,9-12,17,32H2,1-3H3,(H2,34,36,37,38);3-4H,5H2,1-2H3;1H/b10-8+;;4-3+;. The average Bonchev–Trinajstić information content (AvgIpc) is 1.44. The van der Waals surface area contributed by atoms with Gasteiger partial charge in [0.05, 0.1) is 36.0 Å². The molecule has 0 saturated heterocycles. The molecule has 516 valence electrons. The van der Waals surface area contributed by atoms with Gasteiger partial charge in [0.15, 0.2) is 17.1 Å². The molecule has 2 saturated carbocycles. The Hall–Kier alpha value is -8.96. The first-order valence-corrected chi connectivity index (χ1v) is 33.9. The number of halogens is 2. The van der Waals surface area contributed by atoms with E-state index in [4.69, 9.17) is 56.7 Å². The Morgan fingerprint density at radius 1 is 0.602 bits per heavy atom. The Kier molecular flexibility index (Phi) is 26.2. The van der Waals surface area contributed by atoms with E-state index < -0.39 is 5.24 Å². The van der Waals surface area contributed by atoms with Gasteiger partial charge in [-0.2, -0.15) is 39.2 Å². The summed E-state index contributed by atoms with van der Waals surface area (Å²) in [6.45, 7) is 11.2. The molecule has 2 fully saturated rings. The second-order valence-corrected chi connectivity index (χ2v) is 26.5. The molecule has 0 aliphatic heterocycles. The lowest BCUT2D eigenvalue weighted by Gasteiger charge is -2.28. The van der Waals surface area contributed by atoms with Gasteiger partial charge >= 0.3 is 0 Å². The highest BCUT2D eigenvalue weighted by atomic mass is 35.5. The second kappa shape index (κ2) is 35.0. The predicted molar refractivity (Wildman–Crippen MR) is 399 cm³/mol. The summed E-state index contributed by atoms with van der Waals surface area (Å²) in [4.78, 5) is 55.8. The van der Waals surface area contributed by atoms with Crippen LogP contribution in [0.1, 0.15) is 119 Å². The number of nitrogens with two attached hydrogens (primary N) is 1. The molecule has 0 spiro atoms. The molecule has 6 heterocycles. The van der Waals surface area contributed by atoms with Gasteiger partial charge in [0.25, 0.3) is 0 Å². The zero-order valence-electron chi connectivity index (χ0n) is 57.9. The van der Waals surface area contributed by atoms with E-state index in [0.29, 0.717) is 67.6 Å². The zero-order valence-corrected chi connectivity index (χ0v) is 59.4. The van der Waals surface area contributed by atoms with Crippen molar-refractivity contribution in [3.63, 3.8) is 0 Å². The predicted octanol–water partition coefficient (Wildman–Crippen LogP) is 14.0. The number of pyridine rings is 2. The highest BCUT2D eigenvalue weighted by Gasteiger charge is 2.26. The number of fused-ring (bicyclic) bond motifs is 4. The molecule has 6 aromatic heterocycles. The minimum atomic E-state index is -0.420. The maximum atomic E-state index is 12.6. The minimum Gasteiger partial charge on any atom is -0.399 e. The Balaban J connectivity index is 0.000000204. The molecule has 21 nitrogen and oxygen atoms in total. The zero-order chi connectivity index (χ0) is 68.5. The summed E-state index contributed by atoms with van der Waals surface area (Å²) in [6, 6.07) is 33.4. The molecule has 6 N–H and O–H groups in total. The summed E-state index contributed by atoms with van der Waals surface area (Å²) >= 11 is 5.02. The van der Waals surface area contributed by atoms with Gasteiger partial charge in [-0.1, -0.05) is 113 Å². The normalized spacial score (nSPS) is 16.4. The van der Waals surface area contributed by atoms with Gasteiger partial charge in [-0.15, -0.1) is 12.4 Å². The molecule has 0 bridgehead atoms. The van der Waals surface area contributed by atoms with Crippen molar-refractivity contribution in [2.24, 2.45) is 0 Å². The van der Waals surface area contributed by atoms with Crippen LogP contribution in [0.5, 0.6) is 0 Å². The number of methoxy groups -OCH3 is 2. The van der Waals surface area contributed by atoms with Crippen molar-refractivity contribution in [2.75, 3.05) is 82.5 Å². The van der Waals surface area contributed by atoms with Crippen LogP contribution in [0, 0.1) is 0 Å². The van der Waals surface area contributed by atoms with Crippen LogP contribution in [0.15, 0.2) is 146 Å². The summed E-state index contributed by atoms with van der Waals surface area (Å²) in [5.41, 5.74) is 17.7. The molecular formula is C75H93Cl2N17O4. The van der Waals surface area contributed by atoms with Gasteiger partial charge in [0, 0.05) is 110 Å². The Morgan fingerprint density at radius 2 is 1.05 bits per heavy atom. The number of anilines is 5. The van der Waals surface area contributed by atoms with Gasteiger partial charge in [-0.25, -0.2) is 0 Å². The quantitative estimate of drug-likeness (QED) is 0.0214.